The van der Waals surface area contributed by atoms with Crippen LogP contribution in [0.4, 0.5) is 0 Å². The Morgan fingerprint density at radius 1 is 0.970 bits per heavy atom. The lowest BCUT2D eigenvalue weighted by Gasteiger charge is -2.11. The largest absolute Gasteiger partial charge is 0.454 e. The molecule has 2 amide bonds. The van der Waals surface area contributed by atoms with Crippen molar-refractivity contribution < 1.29 is 24.3 Å². The molecule has 0 spiro atoms. The Morgan fingerprint density at radius 2 is 1.67 bits per heavy atom. The normalized spacial score (nSPS) is 12.4. The van der Waals surface area contributed by atoms with E-state index < -0.39 is 5.91 Å². The zero-order valence-electron chi connectivity index (χ0n) is 17.8. The summed E-state index contributed by atoms with van der Waals surface area (Å²) in [6, 6.07) is 20.0. The van der Waals surface area contributed by atoms with Gasteiger partial charge in [0.15, 0.2) is 11.5 Å². The lowest BCUT2D eigenvalue weighted by molar-refractivity contribution is -0.115. The van der Waals surface area contributed by atoms with Gasteiger partial charge in [0.05, 0.1) is 0 Å². The first-order valence-corrected chi connectivity index (χ1v) is 11.4. The molecule has 0 atom stereocenters. The van der Waals surface area contributed by atoms with Gasteiger partial charge in [0.1, 0.15) is 0 Å². The van der Waals surface area contributed by atoms with Gasteiger partial charge < -0.3 is 14.8 Å². The van der Waals surface area contributed by atoms with E-state index in [9.17, 15) is 9.59 Å². The number of benzene rings is 3. The number of amides is 2. The van der Waals surface area contributed by atoms with E-state index in [0.717, 1.165) is 16.0 Å². The Kier molecular flexibility index (Phi) is 6.97. The van der Waals surface area contributed by atoms with Crippen LogP contribution in [0.25, 0.3) is 11.6 Å². The molecule has 0 saturated carbocycles. The van der Waals surface area contributed by atoms with Crippen molar-refractivity contribution in [2.24, 2.45) is 0 Å². The minimum absolute atomic E-state index is 0.157. The average molecular weight is 463 g/mol. The standard InChI is InChI=1S/C25H22N2O5S/c1-33-20-9-4-16(5-10-20)12-21(19-8-11-22-23(13-19)32-15-31-22)25(29)26-14-17-2-6-18(7-3-17)24(28)27-30/h2-13,30H,14-15H2,1H3,(H,26,29)(H,27,28). The molecule has 1 aliphatic rings. The number of hydroxylamine groups is 1. The molecule has 0 bridgehead atoms. The van der Waals surface area contributed by atoms with Crippen molar-refractivity contribution in [1.82, 2.24) is 10.8 Å². The number of hydrogen-bond donors (Lipinski definition) is 3. The van der Waals surface area contributed by atoms with Crippen LogP contribution in [0.3, 0.4) is 0 Å². The highest BCUT2D eigenvalue weighted by Crippen LogP contribution is 2.35. The molecule has 0 aromatic heterocycles. The summed E-state index contributed by atoms with van der Waals surface area (Å²) in [6.07, 6.45) is 3.85. The van der Waals surface area contributed by atoms with Crippen molar-refractivity contribution in [3.8, 4) is 11.5 Å². The Labute approximate surface area is 195 Å². The third kappa shape index (κ3) is 5.36. The summed E-state index contributed by atoms with van der Waals surface area (Å²) in [6.45, 7) is 0.428. The first-order chi connectivity index (χ1) is 16.1. The molecule has 1 aliphatic heterocycles. The minimum atomic E-state index is -0.592. The third-order valence-electron chi connectivity index (χ3n) is 5.13. The fourth-order valence-electron chi connectivity index (χ4n) is 3.33. The van der Waals surface area contributed by atoms with Gasteiger partial charge in [0.2, 0.25) is 6.79 Å². The number of carbonyl (C=O) groups is 2. The van der Waals surface area contributed by atoms with E-state index in [2.05, 4.69) is 5.32 Å². The van der Waals surface area contributed by atoms with Gasteiger partial charge in [0, 0.05) is 22.6 Å². The lowest BCUT2D eigenvalue weighted by atomic mass is 10.0. The Morgan fingerprint density at radius 3 is 2.36 bits per heavy atom. The Hall–Kier alpha value is -3.75. The van der Waals surface area contributed by atoms with Crippen LogP contribution in [-0.4, -0.2) is 30.1 Å². The van der Waals surface area contributed by atoms with Crippen LogP contribution >= 0.6 is 11.8 Å². The maximum Gasteiger partial charge on any atom is 0.274 e. The predicted molar refractivity (Wildman–Crippen MR) is 126 cm³/mol. The second kappa shape index (κ2) is 10.2. The molecule has 7 nitrogen and oxygen atoms in total. The second-order valence-corrected chi connectivity index (χ2v) is 8.10. The van der Waals surface area contributed by atoms with Crippen molar-refractivity contribution in [1.29, 1.82) is 0 Å². The maximum absolute atomic E-state index is 13.2. The number of thioether (sulfide) groups is 1. The highest BCUT2D eigenvalue weighted by Gasteiger charge is 2.18. The van der Waals surface area contributed by atoms with Crippen molar-refractivity contribution >= 4 is 35.2 Å². The number of rotatable bonds is 7. The van der Waals surface area contributed by atoms with Crippen molar-refractivity contribution in [2.45, 2.75) is 11.4 Å². The molecule has 3 aromatic rings. The molecule has 0 unspecified atom stereocenters. The molecule has 0 radical (unpaired) electrons. The summed E-state index contributed by atoms with van der Waals surface area (Å²) in [5.74, 6) is 0.405. The smallest absolute Gasteiger partial charge is 0.274 e. The Bertz CT molecular complexity index is 1190. The van der Waals surface area contributed by atoms with E-state index in [-0.39, 0.29) is 19.2 Å². The molecule has 168 valence electrons. The van der Waals surface area contributed by atoms with Crippen molar-refractivity contribution in [3.63, 3.8) is 0 Å². The van der Waals surface area contributed by atoms with E-state index >= 15 is 0 Å². The highest BCUT2D eigenvalue weighted by atomic mass is 32.2. The van der Waals surface area contributed by atoms with Gasteiger partial charge >= 0.3 is 0 Å². The van der Waals surface area contributed by atoms with E-state index in [1.54, 1.807) is 53.6 Å². The number of nitrogens with one attached hydrogen (secondary N) is 2. The minimum Gasteiger partial charge on any atom is -0.454 e. The van der Waals surface area contributed by atoms with E-state index in [4.69, 9.17) is 14.7 Å². The van der Waals surface area contributed by atoms with E-state index in [1.807, 2.05) is 42.7 Å². The monoisotopic (exact) mass is 462 g/mol. The zero-order chi connectivity index (χ0) is 23.2. The molecule has 33 heavy (non-hydrogen) atoms. The van der Waals surface area contributed by atoms with Crippen LogP contribution in [0, 0.1) is 0 Å². The molecule has 1 heterocycles. The predicted octanol–water partition coefficient (Wildman–Crippen LogP) is 4.11. The van der Waals surface area contributed by atoms with Gasteiger partial charge in [0.25, 0.3) is 11.8 Å². The fraction of sp³-hybridized carbons (Fsp3) is 0.120. The second-order valence-electron chi connectivity index (χ2n) is 7.22. The molecule has 0 fully saturated rings. The summed E-state index contributed by atoms with van der Waals surface area (Å²) in [5.41, 5.74) is 4.82. The summed E-state index contributed by atoms with van der Waals surface area (Å²) in [7, 11) is 0. The lowest BCUT2D eigenvalue weighted by Crippen LogP contribution is -2.24. The van der Waals surface area contributed by atoms with Crippen LogP contribution in [0.1, 0.15) is 27.0 Å². The van der Waals surface area contributed by atoms with Crippen LogP contribution in [-0.2, 0) is 11.3 Å². The number of carbonyl (C=O) groups excluding carboxylic acids is 2. The fourth-order valence-corrected chi connectivity index (χ4v) is 3.74. The highest BCUT2D eigenvalue weighted by molar-refractivity contribution is 7.98. The summed E-state index contributed by atoms with van der Waals surface area (Å²) in [4.78, 5) is 25.8. The number of hydrogen-bond acceptors (Lipinski definition) is 6. The van der Waals surface area contributed by atoms with Crippen LogP contribution in [0.2, 0.25) is 0 Å². The van der Waals surface area contributed by atoms with Crippen molar-refractivity contribution in [3.05, 3.63) is 89.0 Å². The van der Waals surface area contributed by atoms with Crippen LogP contribution in [0.5, 0.6) is 11.5 Å². The topological polar surface area (TPSA) is 96.9 Å². The van der Waals surface area contributed by atoms with Gasteiger partial charge in [-0.25, -0.2) is 5.48 Å². The first kappa shape index (κ1) is 22.4. The van der Waals surface area contributed by atoms with Gasteiger partial charge in [-0.3, -0.25) is 14.8 Å². The van der Waals surface area contributed by atoms with E-state index in [1.165, 1.54) is 0 Å². The molecule has 3 N–H and O–H groups in total. The molecule has 3 aromatic carbocycles. The molecule has 4 rings (SSSR count). The van der Waals surface area contributed by atoms with Crippen LogP contribution in [0.15, 0.2) is 71.6 Å². The summed E-state index contributed by atoms with van der Waals surface area (Å²) in [5, 5.41) is 11.7. The Balaban J connectivity index is 1.57. The summed E-state index contributed by atoms with van der Waals surface area (Å²) >= 11 is 1.65. The SMILES string of the molecule is CSc1ccc(C=C(C(=O)NCc2ccc(C(=O)NO)cc2)c2ccc3c(c2)OCO3)cc1. The van der Waals surface area contributed by atoms with E-state index in [0.29, 0.717) is 28.2 Å². The first-order valence-electron chi connectivity index (χ1n) is 10.1. The molecule has 8 heteroatoms. The summed E-state index contributed by atoms with van der Waals surface area (Å²) < 4.78 is 10.9. The van der Waals surface area contributed by atoms with Gasteiger partial charge in [-0.15, -0.1) is 11.8 Å². The van der Waals surface area contributed by atoms with Crippen LogP contribution < -0.4 is 20.3 Å². The van der Waals surface area contributed by atoms with Gasteiger partial charge in [-0.05, 0) is 65.4 Å². The van der Waals surface area contributed by atoms with Crippen molar-refractivity contribution in [2.75, 3.05) is 13.0 Å². The molecule has 0 aliphatic carbocycles. The number of ether oxygens (including phenoxy) is 2. The molecular formula is C25H22N2O5S. The zero-order valence-corrected chi connectivity index (χ0v) is 18.6. The molecular weight excluding hydrogens is 440 g/mol. The van der Waals surface area contributed by atoms with Gasteiger partial charge in [-0.1, -0.05) is 30.3 Å². The molecule has 0 saturated heterocycles. The number of fused-ring (bicyclic) bond motifs is 1. The third-order valence-corrected chi connectivity index (χ3v) is 5.87. The maximum atomic E-state index is 13.2. The van der Waals surface area contributed by atoms with Gasteiger partial charge in [-0.2, -0.15) is 0 Å². The quantitative estimate of drug-likeness (QED) is 0.161. The average Bonchev–Trinajstić information content (AvgIpc) is 3.34.